The summed E-state index contributed by atoms with van der Waals surface area (Å²) >= 11 is 0. The van der Waals surface area contributed by atoms with Crippen molar-refractivity contribution in [3.63, 3.8) is 0 Å². The van der Waals surface area contributed by atoms with Crippen LogP contribution < -0.4 is 10.6 Å². The third-order valence-corrected chi connectivity index (χ3v) is 4.31. The molecule has 0 unspecified atom stereocenters. The molecule has 1 aromatic carbocycles. The molecule has 3 rings (SSSR count). The largest absolute Gasteiger partial charge is 0.384 e. The smallest absolute Gasteiger partial charge is 0.332 e. The molecule has 9 heteroatoms. The number of nitrogens with two attached hydrogens (primary N) is 1. The van der Waals surface area contributed by atoms with E-state index in [0.29, 0.717) is 43.3 Å². The SMILES string of the molecule is N=C/C(=C\C(N)=Nc1cc(N2CCOCC2)ncc1F)c1ccc(C(=O)F)cc1. The van der Waals surface area contributed by atoms with Gasteiger partial charge in [-0.3, -0.25) is 4.79 Å². The molecule has 2 aromatic rings. The number of hydrogen-bond acceptors (Lipinski definition) is 6. The molecular weight excluding hydrogens is 380 g/mol. The van der Waals surface area contributed by atoms with Crippen molar-refractivity contribution in [3.05, 3.63) is 59.5 Å². The number of morpholine rings is 1. The predicted octanol–water partition coefficient (Wildman–Crippen LogP) is 2.89. The summed E-state index contributed by atoms with van der Waals surface area (Å²) in [5, 5.41) is 7.57. The Kier molecular flexibility index (Phi) is 6.40. The second kappa shape index (κ2) is 9.16. The summed E-state index contributed by atoms with van der Waals surface area (Å²) in [7, 11) is 0. The second-order valence-corrected chi connectivity index (χ2v) is 6.23. The van der Waals surface area contributed by atoms with E-state index >= 15 is 0 Å². The number of anilines is 1. The van der Waals surface area contributed by atoms with Crippen LogP contribution in [0.4, 0.5) is 20.3 Å². The number of hydrogen-bond donors (Lipinski definition) is 2. The highest BCUT2D eigenvalue weighted by molar-refractivity contribution is 6.16. The molecule has 1 aromatic heterocycles. The number of aliphatic imine (C=N–C) groups is 1. The first kappa shape index (κ1) is 20.3. The zero-order chi connectivity index (χ0) is 20.8. The Balaban J connectivity index is 1.86. The highest BCUT2D eigenvalue weighted by Gasteiger charge is 2.14. The van der Waals surface area contributed by atoms with Crippen LogP contribution in [0.15, 0.2) is 47.6 Å². The summed E-state index contributed by atoms with van der Waals surface area (Å²) in [6, 6.07) is 5.55. The summed E-state index contributed by atoms with van der Waals surface area (Å²) < 4.78 is 32.2. The Hall–Kier alpha value is -3.46. The molecule has 1 aliphatic heterocycles. The van der Waals surface area contributed by atoms with Gasteiger partial charge in [-0.05, 0) is 23.8 Å². The summed E-state index contributed by atoms with van der Waals surface area (Å²) in [5.74, 6) is -0.0725. The van der Waals surface area contributed by atoms with Crippen molar-refractivity contribution in [2.45, 2.75) is 0 Å². The first-order valence-corrected chi connectivity index (χ1v) is 8.83. The van der Waals surface area contributed by atoms with Crippen LogP contribution in [0.1, 0.15) is 15.9 Å². The third kappa shape index (κ3) is 5.08. The van der Waals surface area contributed by atoms with Gasteiger partial charge in [-0.2, -0.15) is 4.39 Å². The van der Waals surface area contributed by atoms with Crippen LogP contribution in [-0.4, -0.2) is 49.4 Å². The highest BCUT2D eigenvalue weighted by Crippen LogP contribution is 2.24. The quantitative estimate of drug-likeness (QED) is 0.442. The molecule has 0 spiro atoms. The molecular formula is C20H19F2N5O2. The third-order valence-electron chi connectivity index (χ3n) is 4.31. The molecule has 0 atom stereocenters. The first-order chi connectivity index (χ1) is 14.0. The van der Waals surface area contributed by atoms with Gasteiger partial charge in [0.05, 0.1) is 25.0 Å². The van der Waals surface area contributed by atoms with Gasteiger partial charge >= 0.3 is 6.04 Å². The first-order valence-electron chi connectivity index (χ1n) is 8.83. The number of allylic oxidation sites excluding steroid dienone is 1. The molecule has 0 radical (unpaired) electrons. The minimum atomic E-state index is -1.54. The lowest BCUT2D eigenvalue weighted by atomic mass is 10.0. The van der Waals surface area contributed by atoms with E-state index in [9.17, 15) is 13.6 Å². The molecule has 0 amide bonds. The number of carbonyl (C=O) groups excluding carboxylic acids is 1. The second-order valence-electron chi connectivity index (χ2n) is 6.23. The highest BCUT2D eigenvalue weighted by atomic mass is 19.1. The van der Waals surface area contributed by atoms with Gasteiger partial charge in [0.15, 0.2) is 5.82 Å². The summed E-state index contributed by atoms with van der Waals surface area (Å²) in [5.41, 5.74) is 6.77. The molecule has 7 nitrogen and oxygen atoms in total. The molecule has 3 N–H and O–H groups in total. The number of rotatable bonds is 6. The molecule has 1 aliphatic rings. The lowest BCUT2D eigenvalue weighted by molar-refractivity contribution is 0.0836. The monoisotopic (exact) mass is 399 g/mol. The summed E-state index contributed by atoms with van der Waals surface area (Å²) in [6.45, 7) is 2.43. The molecule has 0 saturated carbocycles. The van der Waals surface area contributed by atoms with Crippen molar-refractivity contribution < 1.29 is 18.3 Å². The lowest BCUT2D eigenvalue weighted by Crippen LogP contribution is -2.36. The van der Waals surface area contributed by atoms with Gasteiger partial charge in [0.25, 0.3) is 0 Å². The molecule has 1 saturated heterocycles. The van der Waals surface area contributed by atoms with Crippen molar-refractivity contribution in [1.29, 1.82) is 5.41 Å². The number of nitrogens with one attached hydrogen (secondary N) is 1. The number of benzene rings is 1. The van der Waals surface area contributed by atoms with Gasteiger partial charge in [-0.25, -0.2) is 14.4 Å². The Morgan fingerprint density at radius 1 is 1.24 bits per heavy atom. The van der Waals surface area contributed by atoms with Crippen LogP contribution in [0, 0.1) is 11.2 Å². The predicted molar refractivity (Wildman–Crippen MR) is 107 cm³/mol. The molecule has 1 fully saturated rings. The van der Waals surface area contributed by atoms with Gasteiger partial charge in [0.1, 0.15) is 17.3 Å². The number of pyridine rings is 1. The van der Waals surface area contributed by atoms with E-state index in [2.05, 4.69) is 9.98 Å². The minimum absolute atomic E-state index is 0.0211. The van der Waals surface area contributed by atoms with Crippen LogP contribution in [0.25, 0.3) is 5.57 Å². The summed E-state index contributed by atoms with van der Waals surface area (Å²) in [6.07, 6.45) is 3.52. The van der Waals surface area contributed by atoms with Gasteiger partial charge in [0, 0.05) is 30.9 Å². The average Bonchev–Trinajstić information content (AvgIpc) is 2.74. The van der Waals surface area contributed by atoms with E-state index in [-0.39, 0.29) is 17.1 Å². The van der Waals surface area contributed by atoms with Crippen molar-refractivity contribution >= 4 is 35.2 Å². The van der Waals surface area contributed by atoms with Crippen LogP contribution in [0.3, 0.4) is 0 Å². The van der Waals surface area contributed by atoms with E-state index in [1.54, 1.807) is 0 Å². The molecule has 150 valence electrons. The molecule has 0 bridgehead atoms. The molecule has 29 heavy (non-hydrogen) atoms. The van der Waals surface area contributed by atoms with Gasteiger partial charge in [-0.15, -0.1) is 0 Å². The topological polar surface area (TPSA) is 105 Å². The Morgan fingerprint density at radius 3 is 2.52 bits per heavy atom. The Bertz CT molecular complexity index is 967. The van der Waals surface area contributed by atoms with Crippen molar-refractivity contribution in [1.82, 2.24) is 4.98 Å². The number of amidine groups is 1. The molecule has 0 aliphatic carbocycles. The number of carbonyl (C=O) groups is 1. The van der Waals surface area contributed by atoms with E-state index in [1.807, 2.05) is 4.90 Å². The van der Waals surface area contributed by atoms with Crippen molar-refractivity contribution in [2.75, 3.05) is 31.2 Å². The van der Waals surface area contributed by atoms with Crippen molar-refractivity contribution in [2.24, 2.45) is 10.7 Å². The van der Waals surface area contributed by atoms with E-state index in [4.69, 9.17) is 15.9 Å². The van der Waals surface area contributed by atoms with Crippen molar-refractivity contribution in [3.8, 4) is 0 Å². The van der Waals surface area contributed by atoms with Gasteiger partial charge in [-0.1, -0.05) is 12.1 Å². The van der Waals surface area contributed by atoms with E-state index in [1.165, 1.54) is 36.4 Å². The Labute approximate surface area is 166 Å². The van der Waals surface area contributed by atoms with Crippen LogP contribution >= 0.6 is 0 Å². The fourth-order valence-electron chi connectivity index (χ4n) is 2.80. The number of ether oxygens (including phenoxy) is 1. The van der Waals surface area contributed by atoms with E-state index in [0.717, 1.165) is 12.4 Å². The lowest BCUT2D eigenvalue weighted by Gasteiger charge is -2.27. The fraction of sp³-hybridized carbons (Fsp3) is 0.200. The zero-order valence-electron chi connectivity index (χ0n) is 15.4. The van der Waals surface area contributed by atoms with Crippen LogP contribution in [-0.2, 0) is 4.74 Å². The normalized spacial score (nSPS) is 15.3. The maximum Gasteiger partial charge on any atom is 0.332 e. The maximum atomic E-state index is 14.2. The molecule has 2 heterocycles. The minimum Gasteiger partial charge on any atom is -0.384 e. The van der Waals surface area contributed by atoms with E-state index < -0.39 is 11.9 Å². The maximum absolute atomic E-state index is 14.2. The van der Waals surface area contributed by atoms with Gasteiger partial charge < -0.3 is 20.8 Å². The zero-order valence-corrected chi connectivity index (χ0v) is 15.4. The van der Waals surface area contributed by atoms with Gasteiger partial charge in [0.2, 0.25) is 0 Å². The number of aromatic nitrogens is 1. The average molecular weight is 399 g/mol. The number of halogens is 2. The fourth-order valence-corrected chi connectivity index (χ4v) is 2.80. The Morgan fingerprint density at radius 2 is 1.90 bits per heavy atom. The standard InChI is InChI=1S/C20H19F2N5O2/c21-16-12-25-19(27-5-7-29-8-6-27)10-17(16)26-18(24)9-15(11-23)13-1-3-14(4-2-13)20(22)28/h1-4,9-12,23H,5-8H2,(H2,24,25,26)/b15-9+,23-11?. The van der Waals surface area contributed by atoms with Crippen LogP contribution in [0.2, 0.25) is 0 Å². The summed E-state index contributed by atoms with van der Waals surface area (Å²) in [4.78, 5) is 20.9. The van der Waals surface area contributed by atoms with Crippen LogP contribution in [0.5, 0.6) is 0 Å². The number of nitrogens with zero attached hydrogens (tertiary/aromatic N) is 3.